The van der Waals surface area contributed by atoms with Crippen molar-refractivity contribution in [2.24, 2.45) is 0 Å². The van der Waals surface area contributed by atoms with Crippen LogP contribution in [0.15, 0.2) is 0 Å². The first-order chi connectivity index (χ1) is 19.3. The van der Waals surface area contributed by atoms with Gasteiger partial charge in [0.25, 0.3) is 0 Å². The highest BCUT2D eigenvalue weighted by molar-refractivity contribution is 5.76. The first kappa shape index (κ1) is 37.2. The zero-order valence-electron chi connectivity index (χ0n) is 25.4. The molecule has 7 atom stereocenters. The Bertz CT molecular complexity index is 608. The van der Waals surface area contributed by atoms with Gasteiger partial charge in [-0.2, -0.15) is 0 Å². The molecule has 0 aromatic rings. The summed E-state index contributed by atoms with van der Waals surface area (Å²) >= 11 is 0. The molecule has 9 heteroatoms. The van der Waals surface area contributed by atoms with Crippen molar-refractivity contribution in [1.29, 1.82) is 0 Å². The standard InChI is InChI=1S/C31H61NO8/c1-3-5-7-9-11-13-14-16-18-20-25(34)24(32-27(35)21-19-17-15-12-10-8-6-4-2)23-39-31-30(38)29(37)28(36)26(22-33)40-31/h24-26,28-31,33-34,36-38H,3-23H2,1-2H3,(H,32,35)/t24-,25+,26+,28+,29?,30?,31+/m0/s1. The lowest BCUT2D eigenvalue weighted by Gasteiger charge is -2.40. The Morgan fingerprint density at radius 2 is 1.25 bits per heavy atom. The number of nitrogens with one attached hydrogen (secondary N) is 1. The van der Waals surface area contributed by atoms with E-state index in [2.05, 4.69) is 19.2 Å². The van der Waals surface area contributed by atoms with Crippen LogP contribution in [-0.4, -0.2) is 87.5 Å². The van der Waals surface area contributed by atoms with Crippen LogP contribution in [0.4, 0.5) is 0 Å². The number of hydrogen-bond donors (Lipinski definition) is 6. The molecule has 1 rings (SSSR count). The molecule has 238 valence electrons. The second kappa shape index (κ2) is 23.7. The fraction of sp³-hybridized carbons (Fsp3) is 0.968. The summed E-state index contributed by atoms with van der Waals surface area (Å²) in [6, 6.07) is -0.706. The summed E-state index contributed by atoms with van der Waals surface area (Å²) in [7, 11) is 0. The van der Waals surface area contributed by atoms with E-state index in [1.807, 2.05) is 0 Å². The van der Waals surface area contributed by atoms with Gasteiger partial charge in [0.15, 0.2) is 6.29 Å². The highest BCUT2D eigenvalue weighted by Crippen LogP contribution is 2.23. The zero-order chi connectivity index (χ0) is 29.6. The van der Waals surface area contributed by atoms with Crippen LogP contribution >= 0.6 is 0 Å². The maximum Gasteiger partial charge on any atom is 0.220 e. The molecule has 0 aromatic carbocycles. The number of carbonyl (C=O) groups is 1. The van der Waals surface area contributed by atoms with Crippen molar-refractivity contribution in [3.8, 4) is 0 Å². The summed E-state index contributed by atoms with van der Waals surface area (Å²) < 4.78 is 11.1. The van der Waals surface area contributed by atoms with E-state index in [0.717, 1.165) is 38.5 Å². The second-order valence-electron chi connectivity index (χ2n) is 11.6. The quantitative estimate of drug-likeness (QED) is 0.0892. The van der Waals surface area contributed by atoms with Crippen LogP contribution in [0.5, 0.6) is 0 Å². The highest BCUT2D eigenvalue weighted by Gasteiger charge is 2.44. The predicted molar refractivity (Wildman–Crippen MR) is 157 cm³/mol. The number of aliphatic hydroxyl groups is 5. The Morgan fingerprint density at radius 1 is 0.750 bits per heavy atom. The normalized spacial score (nSPS) is 24.6. The van der Waals surface area contributed by atoms with Crippen LogP contribution in [0, 0.1) is 0 Å². The van der Waals surface area contributed by atoms with E-state index >= 15 is 0 Å². The summed E-state index contributed by atoms with van der Waals surface area (Å²) in [5.41, 5.74) is 0. The molecule has 1 aliphatic heterocycles. The molecule has 0 spiro atoms. The second-order valence-corrected chi connectivity index (χ2v) is 11.6. The highest BCUT2D eigenvalue weighted by atomic mass is 16.7. The first-order valence-corrected chi connectivity index (χ1v) is 16.2. The molecule has 2 unspecified atom stereocenters. The Morgan fingerprint density at radius 3 is 1.77 bits per heavy atom. The Kier molecular flexibility index (Phi) is 22.1. The van der Waals surface area contributed by atoms with E-state index in [1.54, 1.807) is 0 Å². The fourth-order valence-corrected chi connectivity index (χ4v) is 5.22. The van der Waals surface area contributed by atoms with E-state index in [4.69, 9.17) is 9.47 Å². The summed E-state index contributed by atoms with van der Waals surface area (Å²) in [6.07, 6.45) is 12.7. The Hall–Kier alpha value is -0.810. The van der Waals surface area contributed by atoms with Gasteiger partial charge in [0.05, 0.1) is 25.4 Å². The number of carbonyl (C=O) groups excluding carboxylic acids is 1. The van der Waals surface area contributed by atoms with Crippen molar-refractivity contribution in [3.05, 3.63) is 0 Å². The molecule has 1 aliphatic rings. The van der Waals surface area contributed by atoms with Gasteiger partial charge in [0.2, 0.25) is 5.91 Å². The van der Waals surface area contributed by atoms with Crippen molar-refractivity contribution in [1.82, 2.24) is 5.32 Å². The van der Waals surface area contributed by atoms with Gasteiger partial charge in [-0.05, 0) is 12.8 Å². The summed E-state index contributed by atoms with van der Waals surface area (Å²) in [6.45, 7) is 3.73. The molecule has 1 amide bonds. The molecule has 0 radical (unpaired) electrons. The topological polar surface area (TPSA) is 149 Å². The number of unbranched alkanes of at least 4 members (excludes halogenated alkanes) is 15. The molecular formula is C31H61NO8. The van der Waals surface area contributed by atoms with Crippen LogP contribution < -0.4 is 5.32 Å². The molecule has 1 saturated heterocycles. The minimum atomic E-state index is -1.54. The maximum absolute atomic E-state index is 12.7. The number of hydrogen-bond acceptors (Lipinski definition) is 8. The minimum Gasteiger partial charge on any atom is -0.394 e. The van der Waals surface area contributed by atoms with E-state index in [9.17, 15) is 30.3 Å². The summed E-state index contributed by atoms with van der Waals surface area (Å²) in [4.78, 5) is 12.7. The largest absolute Gasteiger partial charge is 0.394 e. The number of ether oxygens (including phenoxy) is 2. The van der Waals surface area contributed by atoms with Crippen molar-refractivity contribution >= 4 is 5.91 Å². The van der Waals surface area contributed by atoms with Crippen LogP contribution in [0.25, 0.3) is 0 Å². The third-order valence-corrected chi connectivity index (χ3v) is 7.96. The smallest absolute Gasteiger partial charge is 0.220 e. The molecule has 0 saturated carbocycles. The van der Waals surface area contributed by atoms with Gasteiger partial charge in [0, 0.05) is 6.42 Å². The van der Waals surface area contributed by atoms with E-state index < -0.39 is 49.5 Å². The van der Waals surface area contributed by atoms with Gasteiger partial charge < -0.3 is 40.3 Å². The average molecular weight is 576 g/mol. The van der Waals surface area contributed by atoms with Gasteiger partial charge in [-0.15, -0.1) is 0 Å². The number of aliphatic hydroxyl groups excluding tert-OH is 5. The molecule has 9 nitrogen and oxygen atoms in total. The van der Waals surface area contributed by atoms with Crippen LogP contribution in [0.1, 0.15) is 136 Å². The lowest BCUT2D eigenvalue weighted by molar-refractivity contribution is -0.302. The van der Waals surface area contributed by atoms with Gasteiger partial charge in [0.1, 0.15) is 24.4 Å². The van der Waals surface area contributed by atoms with Crippen molar-refractivity contribution in [2.45, 2.75) is 179 Å². The molecule has 1 fully saturated rings. The van der Waals surface area contributed by atoms with Crippen LogP contribution in [0.2, 0.25) is 0 Å². The maximum atomic E-state index is 12.7. The van der Waals surface area contributed by atoms with E-state index in [1.165, 1.54) is 70.6 Å². The third-order valence-electron chi connectivity index (χ3n) is 7.96. The van der Waals surface area contributed by atoms with Crippen molar-refractivity contribution in [3.63, 3.8) is 0 Å². The number of rotatable bonds is 25. The van der Waals surface area contributed by atoms with Crippen molar-refractivity contribution in [2.75, 3.05) is 13.2 Å². The molecular weight excluding hydrogens is 514 g/mol. The predicted octanol–water partition coefficient (Wildman–Crippen LogP) is 4.10. The van der Waals surface area contributed by atoms with Crippen LogP contribution in [0.3, 0.4) is 0 Å². The zero-order valence-corrected chi connectivity index (χ0v) is 25.4. The Labute approximate surface area is 243 Å². The van der Waals surface area contributed by atoms with Gasteiger partial charge in [-0.3, -0.25) is 4.79 Å². The summed E-state index contributed by atoms with van der Waals surface area (Å²) in [5.74, 6) is -0.153. The average Bonchev–Trinajstić information content (AvgIpc) is 2.95. The van der Waals surface area contributed by atoms with Gasteiger partial charge in [-0.1, -0.05) is 117 Å². The molecule has 0 bridgehead atoms. The fourth-order valence-electron chi connectivity index (χ4n) is 5.22. The SMILES string of the molecule is CCCCCCCCCCC[C@@H](O)[C@H](CO[C@@H]1O[C@H](CO)[C@@H](O)C(O)C1O)NC(=O)CCCCCCCCCC. The molecule has 1 heterocycles. The van der Waals surface area contributed by atoms with Gasteiger partial charge in [-0.25, -0.2) is 0 Å². The number of amides is 1. The lowest BCUT2D eigenvalue weighted by Crippen LogP contribution is -2.60. The summed E-state index contributed by atoms with van der Waals surface area (Å²) in [5, 5.41) is 53.6. The molecule has 40 heavy (non-hydrogen) atoms. The molecule has 0 aromatic heterocycles. The van der Waals surface area contributed by atoms with E-state index in [0.29, 0.717) is 12.8 Å². The van der Waals surface area contributed by atoms with Crippen molar-refractivity contribution < 1.29 is 39.8 Å². The van der Waals surface area contributed by atoms with E-state index in [-0.39, 0.29) is 12.5 Å². The monoisotopic (exact) mass is 575 g/mol. The van der Waals surface area contributed by atoms with Gasteiger partial charge >= 0.3 is 0 Å². The molecule has 6 N–H and O–H groups in total. The van der Waals surface area contributed by atoms with Crippen LogP contribution in [-0.2, 0) is 14.3 Å². The lowest BCUT2D eigenvalue weighted by atomic mass is 9.99. The minimum absolute atomic E-state index is 0.134. The third kappa shape index (κ3) is 16.0. The molecule has 0 aliphatic carbocycles. The first-order valence-electron chi connectivity index (χ1n) is 16.2. The Balaban J connectivity index is 2.52.